The lowest BCUT2D eigenvalue weighted by atomic mass is 9.89. The van der Waals surface area contributed by atoms with Gasteiger partial charge in [0.2, 0.25) is 0 Å². The van der Waals surface area contributed by atoms with Gasteiger partial charge in [-0.05, 0) is 43.4 Å². The van der Waals surface area contributed by atoms with E-state index in [0.717, 1.165) is 25.2 Å². The highest BCUT2D eigenvalue weighted by Gasteiger charge is 2.21. The molecule has 1 aromatic rings. The molecule has 1 aliphatic heterocycles. The van der Waals surface area contributed by atoms with Gasteiger partial charge in [0.05, 0.1) is 12.7 Å². The number of hydrogen-bond acceptors (Lipinski definition) is 2. The Morgan fingerprint density at radius 2 is 2.25 bits per heavy atom. The molecule has 16 heavy (non-hydrogen) atoms. The molecule has 0 amide bonds. The molecule has 0 radical (unpaired) electrons. The fraction of sp³-hybridized carbons (Fsp3) is 0.500. The van der Waals surface area contributed by atoms with Crippen LogP contribution in [0.2, 0.25) is 0 Å². The lowest BCUT2D eigenvalue weighted by Gasteiger charge is -2.16. The molecule has 0 aromatic heterocycles. The first kappa shape index (κ1) is 11.0. The first-order chi connectivity index (χ1) is 7.74. The maximum absolute atomic E-state index is 8.87. The van der Waals surface area contributed by atoms with Crippen molar-refractivity contribution in [1.29, 1.82) is 5.26 Å². The summed E-state index contributed by atoms with van der Waals surface area (Å²) in [5.74, 6) is 1.37. The molecule has 1 atom stereocenters. The zero-order valence-electron chi connectivity index (χ0n) is 9.92. The molecule has 2 rings (SSSR count). The summed E-state index contributed by atoms with van der Waals surface area (Å²) in [6.07, 6.45) is 2.70. The van der Waals surface area contributed by atoms with Crippen LogP contribution in [0.15, 0.2) is 12.1 Å². The van der Waals surface area contributed by atoms with Gasteiger partial charge in [0.25, 0.3) is 0 Å². The monoisotopic (exact) mass is 215 g/mol. The quantitative estimate of drug-likeness (QED) is 0.718. The Kier molecular flexibility index (Phi) is 3.14. The minimum Gasteiger partial charge on any atom is -0.493 e. The number of nitriles is 1. The highest BCUT2D eigenvalue weighted by atomic mass is 16.5. The van der Waals surface area contributed by atoms with E-state index in [1.54, 1.807) is 0 Å². The molecule has 0 fully saturated rings. The van der Waals surface area contributed by atoms with Gasteiger partial charge < -0.3 is 4.74 Å². The molecule has 0 N–H and O–H groups in total. The summed E-state index contributed by atoms with van der Waals surface area (Å²) >= 11 is 0. The van der Waals surface area contributed by atoms with Crippen LogP contribution < -0.4 is 4.74 Å². The van der Waals surface area contributed by atoms with Gasteiger partial charge in [0, 0.05) is 12.3 Å². The van der Waals surface area contributed by atoms with E-state index in [9.17, 15) is 0 Å². The largest absolute Gasteiger partial charge is 0.493 e. The molecule has 0 saturated heterocycles. The van der Waals surface area contributed by atoms with Gasteiger partial charge in [-0.3, -0.25) is 0 Å². The van der Waals surface area contributed by atoms with Crippen LogP contribution in [-0.2, 0) is 0 Å². The first-order valence-electron chi connectivity index (χ1n) is 5.84. The van der Waals surface area contributed by atoms with Crippen molar-refractivity contribution >= 4 is 0 Å². The van der Waals surface area contributed by atoms with Crippen molar-refractivity contribution in [3.05, 3.63) is 28.8 Å². The van der Waals surface area contributed by atoms with Crippen molar-refractivity contribution in [2.24, 2.45) is 0 Å². The fourth-order valence-corrected chi connectivity index (χ4v) is 2.31. The van der Waals surface area contributed by atoms with E-state index in [1.807, 2.05) is 0 Å². The number of rotatable bonds is 1. The van der Waals surface area contributed by atoms with Gasteiger partial charge in [-0.25, -0.2) is 0 Å². The van der Waals surface area contributed by atoms with E-state index in [2.05, 4.69) is 32.0 Å². The van der Waals surface area contributed by atoms with Crippen LogP contribution >= 0.6 is 0 Å². The Labute approximate surface area is 96.9 Å². The molecule has 0 saturated carbocycles. The maximum Gasteiger partial charge on any atom is 0.125 e. The summed E-state index contributed by atoms with van der Waals surface area (Å²) in [6.45, 7) is 4.98. The molecule has 1 heterocycles. The van der Waals surface area contributed by atoms with Crippen molar-refractivity contribution < 1.29 is 4.74 Å². The predicted molar refractivity (Wildman–Crippen MR) is 63.6 cm³/mol. The Morgan fingerprint density at radius 1 is 1.44 bits per heavy atom. The van der Waals surface area contributed by atoms with E-state index in [0.29, 0.717) is 12.3 Å². The molecule has 0 aliphatic carbocycles. The van der Waals surface area contributed by atoms with E-state index in [-0.39, 0.29) is 0 Å². The van der Waals surface area contributed by atoms with Gasteiger partial charge in [-0.15, -0.1) is 0 Å². The Bertz CT molecular complexity index is 431. The third-order valence-electron chi connectivity index (χ3n) is 3.43. The summed E-state index contributed by atoms with van der Waals surface area (Å²) in [6, 6.07) is 6.55. The summed E-state index contributed by atoms with van der Waals surface area (Å²) in [5.41, 5.74) is 3.71. The Balaban J connectivity index is 2.47. The summed E-state index contributed by atoms with van der Waals surface area (Å²) in [7, 11) is 0. The summed E-state index contributed by atoms with van der Waals surface area (Å²) in [4.78, 5) is 0. The minimum absolute atomic E-state index is 0.349. The molecule has 2 heteroatoms. The number of ether oxygens (including phenoxy) is 1. The van der Waals surface area contributed by atoms with Crippen LogP contribution in [0.5, 0.6) is 5.75 Å². The van der Waals surface area contributed by atoms with Gasteiger partial charge in [0.15, 0.2) is 0 Å². The smallest absolute Gasteiger partial charge is 0.125 e. The van der Waals surface area contributed by atoms with Crippen LogP contribution in [0, 0.1) is 25.2 Å². The average Bonchev–Trinajstić information content (AvgIpc) is 2.48. The molecule has 0 bridgehead atoms. The fourth-order valence-electron chi connectivity index (χ4n) is 2.31. The Morgan fingerprint density at radius 3 is 3.00 bits per heavy atom. The lowest BCUT2D eigenvalue weighted by Crippen LogP contribution is -2.00. The van der Waals surface area contributed by atoms with Crippen LogP contribution in [0.1, 0.15) is 41.9 Å². The SMILES string of the molecule is Cc1ccc2c(c1C)OCCCC2CC#N. The molecule has 0 spiro atoms. The Hall–Kier alpha value is -1.49. The van der Waals surface area contributed by atoms with Crippen molar-refractivity contribution in [2.75, 3.05) is 6.61 Å². The van der Waals surface area contributed by atoms with Crippen LogP contribution in [0.3, 0.4) is 0 Å². The highest BCUT2D eigenvalue weighted by Crippen LogP contribution is 2.38. The second kappa shape index (κ2) is 4.57. The van der Waals surface area contributed by atoms with Crippen molar-refractivity contribution in [3.8, 4) is 11.8 Å². The number of nitrogens with zero attached hydrogens (tertiary/aromatic N) is 1. The zero-order chi connectivity index (χ0) is 11.5. The zero-order valence-corrected chi connectivity index (χ0v) is 9.92. The minimum atomic E-state index is 0.349. The van der Waals surface area contributed by atoms with Crippen LogP contribution in [0.25, 0.3) is 0 Å². The normalized spacial score (nSPS) is 19.2. The molecule has 1 aliphatic rings. The molecule has 1 aromatic carbocycles. The van der Waals surface area contributed by atoms with E-state index >= 15 is 0 Å². The van der Waals surface area contributed by atoms with Crippen molar-refractivity contribution in [2.45, 2.75) is 39.0 Å². The lowest BCUT2D eigenvalue weighted by molar-refractivity contribution is 0.314. The molecule has 84 valence electrons. The van der Waals surface area contributed by atoms with Gasteiger partial charge >= 0.3 is 0 Å². The molecular formula is C14H17NO. The van der Waals surface area contributed by atoms with Crippen LogP contribution in [0.4, 0.5) is 0 Å². The van der Waals surface area contributed by atoms with Gasteiger partial charge in [-0.1, -0.05) is 12.1 Å². The van der Waals surface area contributed by atoms with E-state index in [1.165, 1.54) is 16.7 Å². The molecule has 2 nitrogen and oxygen atoms in total. The summed E-state index contributed by atoms with van der Waals surface area (Å²) < 4.78 is 5.83. The topological polar surface area (TPSA) is 33.0 Å². The number of aryl methyl sites for hydroxylation is 1. The third kappa shape index (κ3) is 1.90. The molecular weight excluding hydrogens is 198 g/mol. The average molecular weight is 215 g/mol. The van der Waals surface area contributed by atoms with E-state index in [4.69, 9.17) is 10.00 Å². The standard InChI is InChI=1S/C14H17NO/c1-10-5-6-13-12(7-8-15)4-3-9-16-14(13)11(10)2/h5-6,12H,3-4,7,9H2,1-2H3. The van der Waals surface area contributed by atoms with Crippen LogP contribution in [-0.4, -0.2) is 6.61 Å². The number of hydrogen-bond donors (Lipinski definition) is 0. The number of benzene rings is 1. The summed E-state index contributed by atoms with van der Waals surface area (Å²) in [5, 5.41) is 8.87. The first-order valence-corrected chi connectivity index (χ1v) is 5.84. The maximum atomic E-state index is 8.87. The highest BCUT2D eigenvalue weighted by molar-refractivity contribution is 5.47. The second-order valence-electron chi connectivity index (χ2n) is 4.48. The predicted octanol–water partition coefficient (Wildman–Crippen LogP) is 3.47. The van der Waals surface area contributed by atoms with Crippen molar-refractivity contribution in [3.63, 3.8) is 0 Å². The van der Waals surface area contributed by atoms with Gasteiger partial charge in [-0.2, -0.15) is 5.26 Å². The third-order valence-corrected chi connectivity index (χ3v) is 3.43. The van der Waals surface area contributed by atoms with E-state index < -0.39 is 0 Å². The van der Waals surface area contributed by atoms with Crippen molar-refractivity contribution in [1.82, 2.24) is 0 Å². The van der Waals surface area contributed by atoms with Gasteiger partial charge in [0.1, 0.15) is 5.75 Å². The number of fused-ring (bicyclic) bond motifs is 1. The second-order valence-corrected chi connectivity index (χ2v) is 4.48. The molecule has 1 unspecified atom stereocenters.